The molecule has 0 amide bonds. The molecule has 0 spiro atoms. The van der Waals surface area contributed by atoms with Crippen LogP contribution in [0.25, 0.3) is 5.57 Å². The second-order valence-electron chi connectivity index (χ2n) is 11.4. The summed E-state index contributed by atoms with van der Waals surface area (Å²) in [5.41, 5.74) is 5.23. The van der Waals surface area contributed by atoms with Gasteiger partial charge in [0.2, 0.25) is 0 Å². The van der Waals surface area contributed by atoms with E-state index in [4.69, 9.17) is 0 Å². The van der Waals surface area contributed by atoms with Crippen LogP contribution < -0.4 is 64.0 Å². The van der Waals surface area contributed by atoms with Crippen LogP contribution in [0.1, 0.15) is 36.1 Å². The zero-order chi connectivity index (χ0) is 36.1. The smallest absolute Gasteiger partial charge is 0.768 e. The van der Waals surface area contributed by atoms with Gasteiger partial charge >= 0.3 is 59.1 Å². The van der Waals surface area contributed by atoms with E-state index in [0.717, 1.165) is 17.0 Å². The van der Waals surface area contributed by atoms with Crippen LogP contribution >= 0.6 is 0 Å². The molecule has 1 aliphatic rings. The van der Waals surface area contributed by atoms with Gasteiger partial charge in [-0.2, -0.15) is 0 Å². The molecular formula is C37H34N2Na2O8S3. The second kappa shape index (κ2) is 19.2. The van der Waals surface area contributed by atoms with Crippen LogP contribution in [-0.2, 0) is 44.4 Å². The van der Waals surface area contributed by atoms with E-state index in [1.54, 1.807) is 30.3 Å². The SMILES string of the molecule is CCN(Cc1cccc(S(=O)(=O)[O-])c1)c1ccc(C(=C2C=CC(=[N+](CC)Cc3cccc(S(=O)[O-])c3)C=C2)c2ccccc2S(=O)(=O)[O-])cc1.[Na+].[Na+]. The summed E-state index contributed by atoms with van der Waals surface area (Å²) in [6.45, 7) is 5.92. The molecule has 52 heavy (non-hydrogen) atoms. The number of rotatable bonds is 12. The number of nitrogens with zero attached hydrogens (tertiary/aromatic N) is 2. The van der Waals surface area contributed by atoms with Gasteiger partial charge in [0.05, 0.1) is 9.79 Å². The third kappa shape index (κ3) is 11.0. The van der Waals surface area contributed by atoms with Crippen LogP contribution in [0.3, 0.4) is 0 Å². The molecule has 0 bridgehead atoms. The Kier molecular flexibility index (Phi) is 16.2. The monoisotopic (exact) mass is 776 g/mol. The molecule has 0 aromatic heterocycles. The molecule has 15 heteroatoms. The maximum absolute atomic E-state index is 12.4. The van der Waals surface area contributed by atoms with E-state index in [-0.39, 0.29) is 79.4 Å². The topological polar surface area (TPSA) is 161 Å². The summed E-state index contributed by atoms with van der Waals surface area (Å²) in [6, 6.07) is 26.1. The van der Waals surface area contributed by atoms with Crippen molar-refractivity contribution in [1.29, 1.82) is 0 Å². The van der Waals surface area contributed by atoms with E-state index in [9.17, 15) is 34.7 Å². The Morgan fingerprint density at radius 3 is 1.98 bits per heavy atom. The molecule has 4 aromatic rings. The van der Waals surface area contributed by atoms with Crippen LogP contribution in [0, 0.1) is 0 Å². The van der Waals surface area contributed by atoms with E-state index in [1.165, 1.54) is 36.4 Å². The minimum atomic E-state index is -4.83. The first-order chi connectivity index (χ1) is 23.8. The van der Waals surface area contributed by atoms with Crippen molar-refractivity contribution in [2.24, 2.45) is 0 Å². The Labute approximate surface area is 352 Å². The molecule has 1 aliphatic carbocycles. The summed E-state index contributed by atoms with van der Waals surface area (Å²) >= 11 is -2.34. The number of hydrogen-bond donors (Lipinski definition) is 0. The normalized spacial score (nSPS) is 13.2. The largest absolute Gasteiger partial charge is 1.00 e. The number of benzene rings is 4. The van der Waals surface area contributed by atoms with E-state index in [0.29, 0.717) is 48.5 Å². The molecule has 0 aliphatic heterocycles. The van der Waals surface area contributed by atoms with Crippen LogP contribution in [-0.4, -0.2) is 58.1 Å². The number of hydrogen-bond acceptors (Lipinski definition) is 9. The van der Waals surface area contributed by atoms with Crippen molar-refractivity contribution in [1.82, 2.24) is 0 Å². The predicted octanol–water partition coefficient (Wildman–Crippen LogP) is -0.631. The number of allylic oxidation sites excluding steroid dienone is 5. The molecule has 260 valence electrons. The third-order valence-electron chi connectivity index (χ3n) is 8.26. The molecule has 0 heterocycles. The molecule has 0 fully saturated rings. The standard InChI is InChI=1S/C37H36N2O8S3.2Na/c1-3-38(25-27-9-7-11-33(23-27)48(40)41)31-19-15-29(16-20-31)37(35-13-5-6-14-36(35)50(45,46)47)30-17-21-32(22-18-30)39(4-2)26-28-10-8-12-34(24-28)49(42,43)44;;/h5-24H,3-4,25-26H2,1-2H3,(H2-,40,41,42,43,44,45,46,47);;/q;2*+1/p-2. The van der Waals surface area contributed by atoms with Gasteiger partial charge in [0.15, 0.2) is 12.3 Å². The summed E-state index contributed by atoms with van der Waals surface area (Å²) in [6.07, 6.45) is 7.50. The first kappa shape index (κ1) is 43.9. The summed E-state index contributed by atoms with van der Waals surface area (Å²) in [4.78, 5) is 1.55. The quantitative estimate of drug-likeness (QED) is 0.0790. The van der Waals surface area contributed by atoms with Crippen molar-refractivity contribution < 1.29 is 98.4 Å². The van der Waals surface area contributed by atoms with E-state index in [1.807, 2.05) is 73.4 Å². The summed E-state index contributed by atoms with van der Waals surface area (Å²) in [5.74, 6) is 0. The Balaban J connectivity index is 0.00000364. The molecular weight excluding hydrogens is 743 g/mol. The fraction of sp³-hybridized carbons (Fsp3) is 0.162. The van der Waals surface area contributed by atoms with Crippen molar-refractivity contribution in [2.45, 2.75) is 41.6 Å². The van der Waals surface area contributed by atoms with Crippen molar-refractivity contribution in [3.63, 3.8) is 0 Å². The maximum Gasteiger partial charge on any atom is 1.00 e. The van der Waals surface area contributed by atoms with Crippen LogP contribution in [0.4, 0.5) is 5.69 Å². The van der Waals surface area contributed by atoms with Crippen LogP contribution in [0.2, 0.25) is 0 Å². The Bertz CT molecular complexity index is 2270. The van der Waals surface area contributed by atoms with Gasteiger partial charge in [-0.1, -0.05) is 54.6 Å². The van der Waals surface area contributed by atoms with Gasteiger partial charge in [-0.15, -0.1) is 0 Å². The molecule has 0 N–H and O–H groups in total. The first-order valence-electron chi connectivity index (χ1n) is 15.6. The van der Waals surface area contributed by atoms with Gasteiger partial charge in [0, 0.05) is 47.0 Å². The van der Waals surface area contributed by atoms with Gasteiger partial charge in [-0.3, -0.25) is 4.21 Å². The average Bonchev–Trinajstić information content (AvgIpc) is 3.10. The second-order valence-corrected chi connectivity index (χ2v) is 15.1. The van der Waals surface area contributed by atoms with Gasteiger partial charge in [-0.05, 0) is 102 Å². The van der Waals surface area contributed by atoms with Gasteiger partial charge in [-0.25, -0.2) is 21.4 Å². The molecule has 10 nitrogen and oxygen atoms in total. The molecule has 0 radical (unpaired) electrons. The minimum Gasteiger partial charge on any atom is -0.768 e. The fourth-order valence-corrected chi connectivity index (χ4v) is 7.47. The van der Waals surface area contributed by atoms with Gasteiger partial charge in [0.1, 0.15) is 26.8 Å². The fourth-order valence-electron chi connectivity index (χ4n) is 5.81. The number of anilines is 1. The van der Waals surface area contributed by atoms with Gasteiger partial charge < -0.3 is 18.6 Å². The summed E-state index contributed by atoms with van der Waals surface area (Å²) in [7, 11) is -9.44. The third-order valence-corrected chi connectivity index (χ3v) is 10.6. The minimum absolute atomic E-state index is 0. The van der Waals surface area contributed by atoms with Crippen LogP contribution in [0.5, 0.6) is 0 Å². The van der Waals surface area contributed by atoms with Crippen molar-refractivity contribution >= 4 is 48.3 Å². The summed E-state index contributed by atoms with van der Waals surface area (Å²) in [5, 5.41) is 0. The first-order valence-corrected chi connectivity index (χ1v) is 19.5. The van der Waals surface area contributed by atoms with E-state index < -0.39 is 31.3 Å². The molecule has 0 saturated carbocycles. The predicted molar refractivity (Wildman–Crippen MR) is 189 cm³/mol. The molecule has 5 rings (SSSR count). The summed E-state index contributed by atoms with van der Waals surface area (Å²) < 4.78 is 96.9. The molecule has 4 aromatic carbocycles. The Morgan fingerprint density at radius 2 is 1.38 bits per heavy atom. The van der Waals surface area contributed by atoms with Gasteiger partial charge in [0.25, 0.3) is 0 Å². The Hall–Kier alpha value is -2.50. The van der Waals surface area contributed by atoms with Crippen LogP contribution in [0.15, 0.2) is 142 Å². The molecule has 0 saturated heterocycles. The average molecular weight is 777 g/mol. The van der Waals surface area contributed by atoms with E-state index >= 15 is 0 Å². The zero-order valence-electron chi connectivity index (χ0n) is 29.3. The van der Waals surface area contributed by atoms with E-state index in [2.05, 4.69) is 4.58 Å². The molecule has 1 unspecified atom stereocenters. The van der Waals surface area contributed by atoms with Crippen molar-refractivity contribution in [3.8, 4) is 0 Å². The Morgan fingerprint density at radius 1 is 0.750 bits per heavy atom. The molecule has 1 atom stereocenters. The maximum atomic E-state index is 12.4. The zero-order valence-corrected chi connectivity index (χ0v) is 35.7. The van der Waals surface area contributed by atoms with Crippen molar-refractivity contribution in [2.75, 3.05) is 18.0 Å². The van der Waals surface area contributed by atoms with Crippen molar-refractivity contribution in [3.05, 3.63) is 149 Å².